The molecule has 0 bridgehead atoms. The van der Waals surface area contributed by atoms with Crippen molar-refractivity contribution in [2.75, 3.05) is 25.3 Å². The molecule has 0 aliphatic carbocycles. The van der Waals surface area contributed by atoms with Gasteiger partial charge in [-0.25, -0.2) is 0 Å². The third-order valence-corrected chi connectivity index (χ3v) is 3.63. The summed E-state index contributed by atoms with van der Waals surface area (Å²) < 4.78 is 10.4. The van der Waals surface area contributed by atoms with Gasteiger partial charge in [0.1, 0.15) is 11.5 Å². The molecule has 0 heterocycles. The van der Waals surface area contributed by atoms with Crippen LogP contribution in [0, 0.1) is 0 Å². The molecule has 2 aromatic rings. The molecule has 0 aliphatic rings. The molecule has 0 spiro atoms. The summed E-state index contributed by atoms with van der Waals surface area (Å²) in [6.45, 7) is 2.37. The number of amides is 1. The third kappa shape index (κ3) is 5.17. The molecule has 0 aromatic heterocycles. The third-order valence-electron chi connectivity index (χ3n) is 3.63. The SMILES string of the molecule is COc1ccc(NC(=O)/C=C(/C)NCc2ccccc2N)c(OC)c1. The second-order valence-electron chi connectivity index (χ2n) is 5.44. The number of nitrogen functional groups attached to an aromatic ring is 1. The predicted molar refractivity (Wildman–Crippen MR) is 99.6 cm³/mol. The summed E-state index contributed by atoms with van der Waals surface area (Å²) in [4.78, 5) is 12.2. The van der Waals surface area contributed by atoms with Gasteiger partial charge in [0.05, 0.1) is 19.9 Å². The van der Waals surface area contributed by atoms with Gasteiger partial charge in [-0.3, -0.25) is 4.79 Å². The van der Waals surface area contributed by atoms with E-state index in [1.54, 1.807) is 25.3 Å². The first-order chi connectivity index (χ1) is 12.0. The molecule has 0 radical (unpaired) electrons. The van der Waals surface area contributed by atoms with Gasteiger partial charge in [-0.05, 0) is 30.7 Å². The highest BCUT2D eigenvalue weighted by Crippen LogP contribution is 2.28. The molecule has 6 nitrogen and oxygen atoms in total. The molecular formula is C19H23N3O3. The molecule has 4 N–H and O–H groups in total. The maximum atomic E-state index is 12.2. The average molecular weight is 341 g/mol. The van der Waals surface area contributed by atoms with Crippen LogP contribution in [0.25, 0.3) is 0 Å². The number of nitrogens with one attached hydrogen (secondary N) is 2. The summed E-state index contributed by atoms with van der Waals surface area (Å²) in [5.41, 5.74) is 8.90. The van der Waals surface area contributed by atoms with Crippen LogP contribution in [-0.4, -0.2) is 20.1 Å². The summed E-state index contributed by atoms with van der Waals surface area (Å²) in [6, 6.07) is 12.8. The van der Waals surface area contributed by atoms with Crippen molar-refractivity contribution in [3.8, 4) is 11.5 Å². The lowest BCUT2D eigenvalue weighted by Crippen LogP contribution is -2.16. The summed E-state index contributed by atoms with van der Waals surface area (Å²) >= 11 is 0. The molecule has 2 aromatic carbocycles. The highest BCUT2D eigenvalue weighted by Gasteiger charge is 2.08. The molecule has 0 atom stereocenters. The minimum Gasteiger partial charge on any atom is -0.497 e. The number of anilines is 2. The topological polar surface area (TPSA) is 85.6 Å². The van der Waals surface area contributed by atoms with Crippen LogP contribution < -0.4 is 25.8 Å². The van der Waals surface area contributed by atoms with E-state index in [0.29, 0.717) is 23.7 Å². The van der Waals surface area contributed by atoms with Crippen LogP contribution >= 0.6 is 0 Å². The lowest BCUT2D eigenvalue weighted by molar-refractivity contribution is -0.112. The van der Waals surface area contributed by atoms with Crippen LogP contribution in [0.1, 0.15) is 12.5 Å². The highest BCUT2D eigenvalue weighted by atomic mass is 16.5. The molecule has 0 unspecified atom stereocenters. The number of nitrogens with two attached hydrogens (primary N) is 1. The van der Waals surface area contributed by atoms with E-state index in [-0.39, 0.29) is 5.91 Å². The zero-order chi connectivity index (χ0) is 18.2. The minimum atomic E-state index is -0.255. The van der Waals surface area contributed by atoms with Crippen LogP contribution in [0.3, 0.4) is 0 Å². The monoisotopic (exact) mass is 341 g/mol. The van der Waals surface area contributed by atoms with Gasteiger partial charge in [0.15, 0.2) is 0 Å². The van der Waals surface area contributed by atoms with Crippen LogP contribution in [0.4, 0.5) is 11.4 Å². The second-order valence-corrected chi connectivity index (χ2v) is 5.44. The van der Waals surface area contributed by atoms with Crippen LogP contribution in [0.15, 0.2) is 54.2 Å². The van der Waals surface area contributed by atoms with Crippen molar-refractivity contribution in [3.63, 3.8) is 0 Å². The largest absolute Gasteiger partial charge is 0.497 e. The summed E-state index contributed by atoms with van der Waals surface area (Å²) in [5.74, 6) is 0.932. The van der Waals surface area contributed by atoms with Gasteiger partial charge in [-0.15, -0.1) is 0 Å². The number of ether oxygens (including phenoxy) is 2. The predicted octanol–water partition coefficient (Wildman–Crippen LogP) is 2.92. The smallest absolute Gasteiger partial charge is 0.250 e. The molecule has 0 saturated heterocycles. The Morgan fingerprint density at radius 2 is 1.92 bits per heavy atom. The van der Waals surface area contributed by atoms with Crippen molar-refractivity contribution in [1.82, 2.24) is 5.32 Å². The molecular weight excluding hydrogens is 318 g/mol. The van der Waals surface area contributed by atoms with E-state index in [0.717, 1.165) is 16.9 Å². The van der Waals surface area contributed by atoms with Gasteiger partial charge in [0, 0.05) is 30.1 Å². The van der Waals surface area contributed by atoms with E-state index in [2.05, 4.69) is 10.6 Å². The number of benzene rings is 2. The van der Waals surface area contributed by atoms with Gasteiger partial charge < -0.3 is 25.8 Å². The Labute approximate surface area is 147 Å². The lowest BCUT2D eigenvalue weighted by atomic mass is 10.2. The fraction of sp³-hybridized carbons (Fsp3) is 0.211. The van der Waals surface area contributed by atoms with Crippen molar-refractivity contribution >= 4 is 17.3 Å². The van der Waals surface area contributed by atoms with Gasteiger partial charge in [0.25, 0.3) is 0 Å². The number of hydrogen-bond donors (Lipinski definition) is 3. The molecule has 6 heteroatoms. The molecule has 132 valence electrons. The van der Waals surface area contributed by atoms with Crippen molar-refractivity contribution in [2.24, 2.45) is 0 Å². The Kier molecular flexibility index (Phi) is 6.28. The van der Waals surface area contributed by atoms with Crippen molar-refractivity contribution in [3.05, 3.63) is 59.8 Å². The van der Waals surface area contributed by atoms with Crippen LogP contribution in [-0.2, 0) is 11.3 Å². The van der Waals surface area contributed by atoms with Crippen LogP contribution in [0.5, 0.6) is 11.5 Å². The second kappa shape index (κ2) is 8.63. The van der Waals surface area contributed by atoms with Gasteiger partial charge in [-0.2, -0.15) is 0 Å². The maximum absolute atomic E-state index is 12.2. The Bertz CT molecular complexity index is 772. The zero-order valence-corrected chi connectivity index (χ0v) is 14.6. The number of allylic oxidation sites excluding steroid dienone is 1. The number of methoxy groups -OCH3 is 2. The molecule has 0 fully saturated rings. The van der Waals surface area contributed by atoms with Gasteiger partial charge in [-0.1, -0.05) is 18.2 Å². The minimum absolute atomic E-state index is 0.255. The summed E-state index contributed by atoms with van der Waals surface area (Å²) in [5, 5.41) is 5.96. The van der Waals surface area contributed by atoms with E-state index in [1.807, 2.05) is 31.2 Å². The van der Waals surface area contributed by atoms with E-state index in [9.17, 15) is 4.79 Å². The number of rotatable bonds is 7. The van der Waals surface area contributed by atoms with E-state index < -0.39 is 0 Å². The lowest BCUT2D eigenvalue weighted by Gasteiger charge is -2.11. The number of carbonyl (C=O) groups is 1. The Balaban J connectivity index is 1.98. The average Bonchev–Trinajstić information content (AvgIpc) is 2.61. The highest BCUT2D eigenvalue weighted by molar-refractivity contribution is 6.00. The number of para-hydroxylation sites is 1. The van der Waals surface area contributed by atoms with Crippen molar-refractivity contribution in [1.29, 1.82) is 0 Å². The fourth-order valence-electron chi connectivity index (χ4n) is 2.25. The van der Waals surface area contributed by atoms with Gasteiger partial charge in [0.2, 0.25) is 5.91 Å². The first kappa shape index (κ1) is 18.2. The van der Waals surface area contributed by atoms with Crippen molar-refractivity contribution in [2.45, 2.75) is 13.5 Å². The van der Waals surface area contributed by atoms with E-state index in [4.69, 9.17) is 15.2 Å². The number of hydrogen-bond acceptors (Lipinski definition) is 5. The fourth-order valence-corrected chi connectivity index (χ4v) is 2.25. The maximum Gasteiger partial charge on any atom is 0.250 e. The quantitative estimate of drug-likeness (QED) is 0.532. The Morgan fingerprint density at radius 1 is 1.16 bits per heavy atom. The molecule has 25 heavy (non-hydrogen) atoms. The normalized spacial score (nSPS) is 10.9. The van der Waals surface area contributed by atoms with Gasteiger partial charge >= 0.3 is 0 Å². The van der Waals surface area contributed by atoms with Crippen molar-refractivity contribution < 1.29 is 14.3 Å². The first-order valence-electron chi connectivity index (χ1n) is 7.82. The molecule has 2 rings (SSSR count). The van der Waals surface area contributed by atoms with E-state index >= 15 is 0 Å². The zero-order valence-electron chi connectivity index (χ0n) is 14.6. The Hall–Kier alpha value is -3.15. The van der Waals surface area contributed by atoms with E-state index in [1.165, 1.54) is 13.2 Å². The van der Waals surface area contributed by atoms with Crippen LogP contribution in [0.2, 0.25) is 0 Å². The molecule has 1 amide bonds. The Morgan fingerprint density at radius 3 is 2.60 bits per heavy atom. The molecule has 0 saturated carbocycles. The summed E-state index contributed by atoms with van der Waals surface area (Å²) in [6.07, 6.45) is 1.49. The first-order valence-corrected chi connectivity index (χ1v) is 7.82. The standard InChI is InChI=1S/C19H23N3O3/c1-13(21-12-14-6-4-5-7-16(14)20)10-19(23)22-17-9-8-15(24-2)11-18(17)25-3/h4-11,21H,12,20H2,1-3H3,(H,22,23)/b13-10-. The number of carbonyl (C=O) groups excluding carboxylic acids is 1. The summed E-state index contributed by atoms with van der Waals surface area (Å²) in [7, 11) is 3.11. The molecule has 0 aliphatic heterocycles.